The molecule has 24 heavy (non-hydrogen) atoms. The van der Waals surface area contributed by atoms with Crippen LogP contribution in [-0.2, 0) is 4.74 Å². The maximum atomic E-state index is 6.16. The Balaban J connectivity index is 1.44. The van der Waals surface area contributed by atoms with Crippen molar-refractivity contribution < 1.29 is 4.74 Å². The molecule has 1 saturated heterocycles. The summed E-state index contributed by atoms with van der Waals surface area (Å²) in [5, 5.41) is 13.0. The molecule has 2 aliphatic heterocycles. The lowest BCUT2D eigenvalue weighted by molar-refractivity contribution is -0.0325. The van der Waals surface area contributed by atoms with E-state index in [0.717, 1.165) is 44.6 Å². The quantitative estimate of drug-likeness (QED) is 0.795. The van der Waals surface area contributed by atoms with E-state index in [1.54, 1.807) is 6.33 Å². The Morgan fingerprint density at radius 1 is 1.25 bits per heavy atom. The highest BCUT2D eigenvalue weighted by atomic mass is 16.5. The highest BCUT2D eigenvalue weighted by Crippen LogP contribution is 2.41. The van der Waals surface area contributed by atoms with Gasteiger partial charge in [-0.1, -0.05) is 11.6 Å². The number of nitrogens with zero attached hydrogens (tertiary/aromatic N) is 5. The van der Waals surface area contributed by atoms with Crippen LogP contribution in [0, 0.1) is 0 Å². The van der Waals surface area contributed by atoms with Gasteiger partial charge in [-0.15, -0.1) is 10.2 Å². The summed E-state index contributed by atoms with van der Waals surface area (Å²) in [6.07, 6.45) is 9.72. The molecule has 5 rings (SSSR count). The number of rotatable bonds is 2. The van der Waals surface area contributed by atoms with E-state index in [4.69, 9.17) is 4.74 Å². The third-order valence-electron chi connectivity index (χ3n) is 5.61. The van der Waals surface area contributed by atoms with Crippen LogP contribution in [0.1, 0.15) is 50.6 Å². The monoisotopic (exact) mass is 325 g/mol. The smallest absolute Gasteiger partial charge is 0.200 e. The average molecular weight is 325 g/mol. The van der Waals surface area contributed by atoms with Gasteiger partial charge < -0.3 is 9.64 Å². The summed E-state index contributed by atoms with van der Waals surface area (Å²) in [6, 6.07) is 2.24. The lowest BCUT2D eigenvalue weighted by Gasteiger charge is -2.42. The van der Waals surface area contributed by atoms with Crippen LogP contribution >= 0.6 is 0 Å². The minimum absolute atomic E-state index is 0.0465. The van der Waals surface area contributed by atoms with Crippen molar-refractivity contribution in [1.29, 1.82) is 0 Å². The molecule has 6 nitrogen and oxygen atoms in total. The molecule has 0 N–H and O–H groups in total. The number of hydrogen-bond donors (Lipinski definition) is 0. The summed E-state index contributed by atoms with van der Waals surface area (Å²) in [7, 11) is 0. The summed E-state index contributed by atoms with van der Waals surface area (Å²) in [4.78, 5) is 2.43. The Kier molecular flexibility index (Phi) is 3.16. The van der Waals surface area contributed by atoms with Crippen molar-refractivity contribution in [2.45, 2.75) is 50.5 Å². The molecule has 1 spiro atoms. The molecule has 0 amide bonds. The van der Waals surface area contributed by atoms with Crippen molar-refractivity contribution in [2.75, 3.05) is 24.6 Å². The van der Waals surface area contributed by atoms with Gasteiger partial charge in [0.15, 0.2) is 0 Å². The van der Waals surface area contributed by atoms with Gasteiger partial charge in [-0.05, 0) is 45.1 Å². The summed E-state index contributed by atoms with van der Waals surface area (Å²) in [6.45, 7) is 5.06. The van der Waals surface area contributed by atoms with Crippen LogP contribution in [0.15, 0.2) is 24.0 Å². The molecule has 2 aromatic heterocycles. The minimum Gasteiger partial charge on any atom is -0.370 e. The third kappa shape index (κ3) is 2.40. The van der Waals surface area contributed by atoms with Crippen LogP contribution in [0.5, 0.6) is 0 Å². The SMILES string of the molecule is CC1=CC2(CCN(c3cc(C4CC4)nn4cnnc34)CC2)OCC1. The van der Waals surface area contributed by atoms with Crippen molar-refractivity contribution in [3.8, 4) is 0 Å². The number of anilines is 1. The molecule has 1 saturated carbocycles. The molecule has 0 unspecified atom stereocenters. The molecular formula is C18H23N5O. The van der Waals surface area contributed by atoms with E-state index in [-0.39, 0.29) is 5.60 Å². The van der Waals surface area contributed by atoms with Crippen molar-refractivity contribution in [3.63, 3.8) is 0 Å². The van der Waals surface area contributed by atoms with E-state index in [1.807, 2.05) is 4.52 Å². The van der Waals surface area contributed by atoms with E-state index in [0.29, 0.717) is 5.92 Å². The maximum Gasteiger partial charge on any atom is 0.200 e. The average Bonchev–Trinajstić information content (AvgIpc) is 3.32. The minimum atomic E-state index is -0.0465. The van der Waals surface area contributed by atoms with Crippen LogP contribution in [0.25, 0.3) is 5.65 Å². The number of fused-ring (bicyclic) bond motifs is 1. The van der Waals surface area contributed by atoms with E-state index in [2.05, 4.69) is 39.3 Å². The van der Waals surface area contributed by atoms with Crippen LogP contribution in [0.3, 0.4) is 0 Å². The zero-order valence-electron chi connectivity index (χ0n) is 14.1. The molecule has 1 aliphatic carbocycles. The van der Waals surface area contributed by atoms with Crippen LogP contribution in [0.4, 0.5) is 5.69 Å². The highest BCUT2D eigenvalue weighted by Gasteiger charge is 2.36. The molecule has 2 fully saturated rings. The summed E-state index contributed by atoms with van der Waals surface area (Å²) in [5.41, 5.74) is 4.65. The first kappa shape index (κ1) is 14.4. The first-order valence-electron chi connectivity index (χ1n) is 9.01. The Hall–Kier alpha value is -1.95. The Labute approximate surface area is 141 Å². The Morgan fingerprint density at radius 2 is 2.08 bits per heavy atom. The number of ether oxygens (including phenoxy) is 1. The third-order valence-corrected chi connectivity index (χ3v) is 5.61. The van der Waals surface area contributed by atoms with Gasteiger partial charge in [0.1, 0.15) is 6.33 Å². The fourth-order valence-corrected chi connectivity index (χ4v) is 4.03. The molecule has 0 bridgehead atoms. The second-order valence-electron chi connectivity index (χ2n) is 7.47. The topological polar surface area (TPSA) is 55.6 Å². The van der Waals surface area contributed by atoms with Gasteiger partial charge in [-0.3, -0.25) is 0 Å². The fourth-order valence-electron chi connectivity index (χ4n) is 4.03. The predicted octanol–water partition coefficient (Wildman–Crippen LogP) is 2.71. The molecular weight excluding hydrogens is 302 g/mol. The zero-order valence-corrected chi connectivity index (χ0v) is 14.1. The van der Waals surface area contributed by atoms with Crippen LogP contribution in [0.2, 0.25) is 0 Å². The van der Waals surface area contributed by atoms with E-state index in [9.17, 15) is 0 Å². The first-order chi connectivity index (χ1) is 11.7. The van der Waals surface area contributed by atoms with Crippen molar-refractivity contribution in [1.82, 2.24) is 19.8 Å². The standard InChI is InChI=1S/C18H23N5O/c1-13-4-9-24-18(11-13)5-7-22(8-6-18)16-10-15(14-2-3-14)21-23-12-19-20-17(16)23/h10-12,14H,2-9H2,1H3. The number of hydrogen-bond acceptors (Lipinski definition) is 5. The van der Waals surface area contributed by atoms with Crippen molar-refractivity contribution >= 4 is 11.3 Å². The molecule has 0 aromatic carbocycles. The van der Waals surface area contributed by atoms with Crippen LogP contribution < -0.4 is 4.90 Å². The van der Waals surface area contributed by atoms with Crippen molar-refractivity contribution in [2.24, 2.45) is 0 Å². The van der Waals surface area contributed by atoms with Gasteiger partial charge in [0.05, 0.1) is 23.6 Å². The van der Waals surface area contributed by atoms with Crippen LogP contribution in [-0.4, -0.2) is 45.1 Å². The highest BCUT2D eigenvalue weighted by molar-refractivity contribution is 5.68. The van der Waals surface area contributed by atoms with Gasteiger partial charge in [0.2, 0.25) is 5.65 Å². The number of aromatic nitrogens is 4. The lowest BCUT2D eigenvalue weighted by Crippen LogP contribution is -2.46. The molecule has 0 radical (unpaired) electrons. The molecule has 0 atom stereocenters. The Morgan fingerprint density at radius 3 is 2.83 bits per heavy atom. The van der Waals surface area contributed by atoms with E-state index in [1.165, 1.54) is 29.8 Å². The van der Waals surface area contributed by atoms with Gasteiger partial charge in [-0.2, -0.15) is 9.61 Å². The lowest BCUT2D eigenvalue weighted by atomic mass is 9.87. The Bertz CT molecular complexity index is 799. The normalized spacial score (nSPS) is 23.7. The molecule has 3 aliphatic rings. The van der Waals surface area contributed by atoms with Gasteiger partial charge in [0.25, 0.3) is 0 Å². The molecule has 2 aromatic rings. The second-order valence-corrected chi connectivity index (χ2v) is 7.47. The zero-order chi connectivity index (χ0) is 16.1. The largest absolute Gasteiger partial charge is 0.370 e. The first-order valence-corrected chi connectivity index (χ1v) is 9.01. The van der Waals surface area contributed by atoms with Gasteiger partial charge in [0, 0.05) is 19.0 Å². The summed E-state index contributed by atoms with van der Waals surface area (Å²) >= 11 is 0. The molecule has 4 heterocycles. The molecule has 6 heteroatoms. The van der Waals surface area contributed by atoms with Crippen molar-refractivity contribution in [3.05, 3.63) is 29.7 Å². The summed E-state index contributed by atoms with van der Waals surface area (Å²) < 4.78 is 8.00. The summed E-state index contributed by atoms with van der Waals surface area (Å²) in [5.74, 6) is 0.624. The van der Waals surface area contributed by atoms with Gasteiger partial charge in [-0.25, -0.2) is 0 Å². The van der Waals surface area contributed by atoms with Gasteiger partial charge >= 0.3 is 0 Å². The maximum absolute atomic E-state index is 6.16. The fraction of sp³-hybridized carbons (Fsp3) is 0.611. The predicted molar refractivity (Wildman–Crippen MR) is 91.3 cm³/mol. The van der Waals surface area contributed by atoms with E-state index < -0.39 is 0 Å². The van der Waals surface area contributed by atoms with E-state index >= 15 is 0 Å². The molecule has 126 valence electrons. The number of piperidine rings is 1. The second kappa shape index (κ2) is 5.28.